The van der Waals surface area contributed by atoms with Crippen molar-refractivity contribution >= 4 is 17.2 Å². The zero-order valence-electron chi connectivity index (χ0n) is 9.88. The highest BCUT2D eigenvalue weighted by Crippen LogP contribution is 2.25. The van der Waals surface area contributed by atoms with Crippen LogP contribution in [-0.4, -0.2) is 17.1 Å². The molecule has 0 saturated heterocycles. The Morgan fingerprint density at radius 1 is 1.47 bits per heavy atom. The van der Waals surface area contributed by atoms with E-state index in [4.69, 9.17) is 4.74 Å². The molecule has 1 atom stereocenters. The molecule has 5 heteroatoms. The lowest BCUT2D eigenvalue weighted by atomic mass is 10.2. The summed E-state index contributed by atoms with van der Waals surface area (Å²) in [5.41, 5.74) is 0. The Hall–Kier alpha value is -1.62. The van der Waals surface area contributed by atoms with Gasteiger partial charge in [0, 0.05) is 10.9 Å². The summed E-state index contributed by atoms with van der Waals surface area (Å²) in [5, 5.41) is 5.47. The van der Waals surface area contributed by atoms with E-state index < -0.39 is 0 Å². The standard InChI is InChI=1S/C12H15N3OS/c1-3-9(10-5-4-6-17-10)15-11-7-12(16-2)14-8-13-11/h4-9H,3H2,1-2H3,(H,13,14,15). The highest BCUT2D eigenvalue weighted by Gasteiger charge is 2.11. The third-order valence-corrected chi connectivity index (χ3v) is 3.45. The smallest absolute Gasteiger partial charge is 0.218 e. The predicted octanol–water partition coefficient (Wildman–Crippen LogP) is 3.11. The lowest BCUT2D eigenvalue weighted by Gasteiger charge is -2.16. The third-order valence-electron chi connectivity index (χ3n) is 2.47. The summed E-state index contributed by atoms with van der Waals surface area (Å²) in [4.78, 5) is 9.48. The van der Waals surface area contributed by atoms with Crippen LogP contribution in [0.1, 0.15) is 24.3 Å². The van der Waals surface area contributed by atoms with E-state index in [1.165, 1.54) is 11.2 Å². The van der Waals surface area contributed by atoms with Crippen molar-refractivity contribution in [3.8, 4) is 5.88 Å². The number of hydrogen-bond acceptors (Lipinski definition) is 5. The number of aromatic nitrogens is 2. The molecule has 0 aliphatic heterocycles. The maximum absolute atomic E-state index is 5.07. The van der Waals surface area contributed by atoms with E-state index in [0.717, 1.165) is 12.2 Å². The highest BCUT2D eigenvalue weighted by atomic mass is 32.1. The Labute approximate surface area is 105 Å². The number of hydrogen-bond donors (Lipinski definition) is 1. The molecular formula is C12H15N3OS. The Morgan fingerprint density at radius 3 is 3.00 bits per heavy atom. The molecule has 1 N–H and O–H groups in total. The maximum atomic E-state index is 5.07. The average molecular weight is 249 g/mol. The van der Waals surface area contributed by atoms with Crippen LogP contribution in [0.4, 0.5) is 5.82 Å². The minimum atomic E-state index is 0.287. The second-order valence-electron chi connectivity index (χ2n) is 3.57. The molecule has 0 saturated carbocycles. The molecule has 0 aliphatic rings. The largest absolute Gasteiger partial charge is 0.481 e. The SMILES string of the molecule is CCC(Nc1cc(OC)ncn1)c1cccs1. The van der Waals surface area contributed by atoms with Crippen LogP contribution in [0.15, 0.2) is 29.9 Å². The summed E-state index contributed by atoms with van der Waals surface area (Å²) in [6.45, 7) is 2.15. The number of anilines is 1. The third kappa shape index (κ3) is 2.94. The van der Waals surface area contributed by atoms with Gasteiger partial charge in [0.15, 0.2) is 0 Å². The fourth-order valence-electron chi connectivity index (χ4n) is 1.57. The topological polar surface area (TPSA) is 47.0 Å². The van der Waals surface area contributed by atoms with Crippen molar-refractivity contribution in [3.05, 3.63) is 34.8 Å². The van der Waals surface area contributed by atoms with Gasteiger partial charge in [-0.3, -0.25) is 0 Å². The molecule has 1 unspecified atom stereocenters. The van der Waals surface area contributed by atoms with Gasteiger partial charge in [0.1, 0.15) is 12.1 Å². The quantitative estimate of drug-likeness (QED) is 0.884. The average Bonchev–Trinajstić information content (AvgIpc) is 2.90. The molecule has 0 fully saturated rings. The first kappa shape index (κ1) is 11.9. The number of thiophene rings is 1. The van der Waals surface area contributed by atoms with Crippen LogP contribution in [0.25, 0.3) is 0 Å². The molecule has 17 heavy (non-hydrogen) atoms. The zero-order chi connectivity index (χ0) is 12.1. The summed E-state index contributed by atoms with van der Waals surface area (Å²) in [6, 6.07) is 6.28. The van der Waals surface area contributed by atoms with Crippen LogP contribution in [0.2, 0.25) is 0 Å². The van der Waals surface area contributed by atoms with Gasteiger partial charge in [0.25, 0.3) is 0 Å². The van der Waals surface area contributed by atoms with Crippen LogP contribution in [0.5, 0.6) is 5.88 Å². The molecule has 0 bridgehead atoms. The number of ether oxygens (including phenoxy) is 1. The Kier molecular flexibility index (Phi) is 3.93. The van der Waals surface area contributed by atoms with Crippen molar-refractivity contribution in [2.75, 3.05) is 12.4 Å². The van der Waals surface area contributed by atoms with Crippen LogP contribution in [0.3, 0.4) is 0 Å². The monoisotopic (exact) mass is 249 g/mol. The fraction of sp³-hybridized carbons (Fsp3) is 0.333. The predicted molar refractivity (Wildman–Crippen MR) is 69.6 cm³/mol. The molecule has 4 nitrogen and oxygen atoms in total. The minimum Gasteiger partial charge on any atom is -0.481 e. The summed E-state index contributed by atoms with van der Waals surface area (Å²) >= 11 is 1.75. The van der Waals surface area contributed by atoms with Gasteiger partial charge in [-0.05, 0) is 17.9 Å². The van der Waals surface area contributed by atoms with Gasteiger partial charge in [0.05, 0.1) is 13.2 Å². The molecule has 2 aromatic rings. The molecule has 0 amide bonds. The van der Waals surface area contributed by atoms with Crippen molar-refractivity contribution < 1.29 is 4.74 Å². The van der Waals surface area contributed by atoms with E-state index in [1.807, 2.05) is 0 Å². The van der Waals surface area contributed by atoms with E-state index in [-0.39, 0.29) is 6.04 Å². The second-order valence-corrected chi connectivity index (χ2v) is 4.55. The van der Waals surface area contributed by atoms with Gasteiger partial charge in [-0.25, -0.2) is 9.97 Å². The minimum absolute atomic E-state index is 0.287. The fourth-order valence-corrected chi connectivity index (χ4v) is 2.43. The Balaban J connectivity index is 2.13. The maximum Gasteiger partial charge on any atom is 0.218 e. The van der Waals surface area contributed by atoms with E-state index in [9.17, 15) is 0 Å². The number of nitrogens with one attached hydrogen (secondary N) is 1. The van der Waals surface area contributed by atoms with Gasteiger partial charge in [-0.1, -0.05) is 13.0 Å². The number of nitrogens with zero attached hydrogens (tertiary/aromatic N) is 2. The number of rotatable bonds is 5. The summed E-state index contributed by atoms with van der Waals surface area (Å²) in [7, 11) is 1.60. The first-order valence-electron chi connectivity index (χ1n) is 5.49. The van der Waals surface area contributed by atoms with Gasteiger partial charge in [-0.15, -0.1) is 11.3 Å². The highest BCUT2D eigenvalue weighted by molar-refractivity contribution is 7.10. The molecular weight excluding hydrogens is 234 g/mol. The molecule has 2 heterocycles. The Bertz CT molecular complexity index is 459. The van der Waals surface area contributed by atoms with Crippen LogP contribution in [-0.2, 0) is 0 Å². The molecule has 90 valence electrons. The number of methoxy groups -OCH3 is 1. The van der Waals surface area contributed by atoms with E-state index in [0.29, 0.717) is 5.88 Å². The molecule has 0 radical (unpaired) electrons. The van der Waals surface area contributed by atoms with Crippen molar-refractivity contribution in [2.24, 2.45) is 0 Å². The molecule has 2 rings (SSSR count). The summed E-state index contributed by atoms with van der Waals surface area (Å²) in [6.07, 6.45) is 2.51. The normalized spacial score (nSPS) is 12.1. The van der Waals surface area contributed by atoms with Gasteiger partial charge < -0.3 is 10.1 Å². The van der Waals surface area contributed by atoms with Gasteiger partial charge in [-0.2, -0.15) is 0 Å². The Morgan fingerprint density at radius 2 is 2.35 bits per heavy atom. The molecule has 0 aliphatic carbocycles. The van der Waals surface area contributed by atoms with E-state index in [2.05, 4.69) is 39.7 Å². The summed E-state index contributed by atoms with van der Waals surface area (Å²) < 4.78 is 5.07. The van der Waals surface area contributed by atoms with Crippen molar-refractivity contribution in [1.29, 1.82) is 0 Å². The lowest BCUT2D eigenvalue weighted by Crippen LogP contribution is -2.09. The van der Waals surface area contributed by atoms with Crippen molar-refractivity contribution in [2.45, 2.75) is 19.4 Å². The first-order chi connectivity index (χ1) is 8.33. The lowest BCUT2D eigenvalue weighted by molar-refractivity contribution is 0.397. The van der Waals surface area contributed by atoms with E-state index >= 15 is 0 Å². The first-order valence-corrected chi connectivity index (χ1v) is 6.37. The van der Waals surface area contributed by atoms with Crippen LogP contribution >= 0.6 is 11.3 Å². The van der Waals surface area contributed by atoms with Crippen molar-refractivity contribution in [3.63, 3.8) is 0 Å². The van der Waals surface area contributed by atoms with Gasteiger partial charge >= 0.3 is 0 Å². The molecule has 0 aromatic carbocycles. The zero-order valence-corrected chi connectivity index (χ0v) is 10.7. The second kappa shape index (κ2) is 5.63. The molecule has 2 aromatic heterocycles. The van der Waals surface area contributed by atoms with E-state index in [1.54, 1.807) is 24.5 Å². The molecule has 0 spiro atoms. The van der Waals surface area contributed by atoms with Crippen molar-refractivity contribution in [1.82, 2.24) is 9.97 Å². The van der Waals surface area contributed by atoms with Gasteiger partial charge in [0.2, 0.25) is 5.88 Å². The van der Waals surface area contributed by atoms with Crippen LogP contribution in [0, 0.1) is 0 Å². The summed E-state index contributed by atoms with van der Waals surface area (Å²) in [5.74, 6) is 1.36. The van der Waals surface area contributed by atoms with Crippen LogP contribution < -0.4 is 10.1 Å².